The van der Waals surface area contributed by atoms with Crippen LogP contribution in [-0.2, 0) is 4.74 Å². The van der Waals surface area contributed by atoms with Crippen molar-refractivity contribution in [2.24, 2.45) is 17.6 Å². The molecule has 0 radical (unpaired) electrons. The highest BCUT2D eigenvalue weighted by molar-refractivity contribution is 7.99. The Morgan fingerprint density at radius 1 is 1.10 bits per heavy atom. The van der Waals surface area contributed by atoms with E-state index >= 15 is 0 Å². The van der Waals surface area contributed by atoms with Gasteiger partial charge >= 0.3 is 0 Å². The molecule has 3 heteroatoms. The third-order valence-electron chi connectivity index (χ3n) is 6.17. The highest BCUT2D eigenvalue weighted by Crippen LogP contribution is 2.41. The molecule has 2 saturated heterocycles. The fraction of sp³-hybridized carbons (Fsp3) is 1.00. The normalized spacial score (nSPS) is 32.1. The van der Waals surface area contributed by atoms with E-state index in [4.69, 9.17) is 10.5 Å². The minimum Gasteiger partial charge on any atom is -0.375 e. The summed E-state index contributed by atoms with van der Waals surface area (Å²) in [5, 5.41) is 0. The molecule has 2 aliphatic heterocycles. The van der Waals surface area contributed by atoms with Crippen molar-refractivity contribution in [3.05, 3.63) is 0 Å². The van der Waals surface area contributed by atoms with Gasteiger partial charge in [0.1, 0.15) is 0 Å². The topological polar surface area (TPSA) is 35.2 Å². The van der Waals surface area contributed by atoms with E-state index in [-0.39, 0.29) is 5.60 Å². The van der Waals surface area contributed by atoms with Crippen molar-refractivity contribution < 1.29 is 4.74 Å². The van der Waals surface area contributed by atoms with Gasteiger partial charge in [-0.15, -0.1) is 0 Å². The third-order valence-corrected chi connectivity index (χ3v) is 7.16. The first kappa shape index (κ1) is 16.1. The van der Waals surface area contributed by atoms with Crippen molar-refractivity contribution in [3.63, 3.8) is 0 Å². The second-order valence-electron chi connectivity index (χ2n) is 7.64. The fourth-order valence-electron chi connectivity index (χ4n) is 4.66. The van der Waals surface area contributed by atoms with Crippen molar-refractivity contribution in [1.29, 1.82) is 0 Å². The molecule has 0 aromatic heterocycles. The first-order chi connectivity index (χ1) is 10.3. The molecule has 1 saturated carbocycles. The average molecular weight is 312 g/mol. The van der Waals surface area contributed by atoms with Crippen molar-refractivity contribution in [2.45, 2.75) is 82.3 Å². The van der Waals surface area contributed by atoms with E-state index in [2.05, 4.69) is 11.8 Å². The van der Waals surface area contributed by atoms with Gasteiger partial charge in [0.2, 0.25) is 0 Å². The van der Waals surface area contributed by atoms with Gasteiger partial charge in [0.25, 0.3) is 0 Å². The van der Waals surface area contributed by atoms with Gasteiger partial charge in [-0.2, -0.15) is 11.8 Å². The monoisotopic (exact) mass is 311 g/mol. The Hall–Kier alpha value is 0.270. The molecule has 21 heavy (non-hydrogen) atoms. The molecule has 2 heterocycles. The van der Waals surface area contributed by atoms with Crippen LogP contribution >= 0.6 is 11.8 Å². The van der Waals surface area contributed by atoms with Crippen LogP contribution in [0.5, 0.6) is 0 Å². The predicted octanol–water partition coefficient (Wildman–Crippen LogP) is 4.37. The van der Waals surface area contributed by atoms with Crippen LogP contribution in [-0.4, -0.2) is 29.8 Å². The zero-order valence-electron chi connectivity index (χ0n) is 13.5. The molecule has 2 atom stereocenters. The fourth-order valence-corrected chi connectivity index (χ4v) is 5.90. The SMILES string of the molecule is NC(CCC1CCCCC1)C1CCOC2(CCSCC2)C1. The lowest BCUT2D eigenvalue weighted by atomic mass is 9.76. The van der Waals surface area contributed by atoms with Crippen LogP contribution in [0.2, 0.25) is 0 Å². The molecule has 0 aromatic rings. The van der Waals surface area contributed by atoms with Crippen LogP contribution in [0, 0.1) is 11.8 Å². The van der Waals surface area contributed by atoms with Gasteiger partial charge in [0.15, 0.2) is 0 Å². The van der Waals surface area contributed by atoms with Gasteiger partial charge < -0.3 is 10.5 Å². The summed E-state index contributed by atoms with van der Waals surface area (Å²) in [6.07, 6.45) is 14.9. The molecule has 2 nitrogen and oxygen atoms in total. The highest BCUT2D eigenvalue weighted by Gasteiger charge is 2.40. The minimum atomic E-state index is 0.205. The zero-order chi connectivity index (χ0) is 14.5. The highest BCUT2D eigenvalue weighted by atomic mass is 32.2. The van der Waals surface area contributed by atoms with Gasteiger partial charge in [-0.1, -0.05) is 32.1 Å². The summed E-state index contributed by atoms with van der Waals surface area (Å²) in [5.74, 6) is 4.25. The average Bonchev–Trinajstić information content (AvgIpc) is 2.54. The molecule has 2 unspecified atom stereocenters. The summed E-state index contributed by atoms with van der Waals surface area (Å²) in [4.78, 5) is 0. The lowest BCUT2D eigenvalue weighted by Crippen LogP contribution is -2.47. The Morgan fingerprint density at radius 2 is 1.86 bits per heavy atom. The lowest BCUT2D eigenvalue weighted by Gasteiger charge is -2.45. The molecule has 3 aliphatic rings. The van der Waals surface area contributed by atoms with Gasteiger partial charge in [-0.3, -0.25) is 0 Å². The van der Waals surface area contributed by atoms with Gasteiger partial charge in [-0.05, 0) is 61.9 Å². The Morgan fingerprint density at radius 3 is 2.62 bits per heavy atom. The van der Waals surface area contributed by atoms with E-state index in [1.54, 1.807) is 0 Å². The van der Waals surface area contributed by atoms with Crippen LogP contribution in [0.1, 0.15) is 70.6 Å². The number of hydrogen-bond donors (Lipinski definition) is 1. The smallest absolute Gasteiger partial charge is 0.0701 e. The standard InChI is InChI=1S/C18H33NOS/c19-17(7-6-15-4-2-1-3-5-15)16-8-11-20-18(14-16)9-12-21-13-10-18/h15-17H,1-14,19H2. The summed E-state index contributed by atoms with van der Waals surface area (Å²) in [7, 11) is 0. The molecular weight excluding hydrogens is 278 g/mol. The summed E-state index contributed by atoms with van der Waals surface area (Å²) >= 11 is 2.09. The summed E-state index contributed by atoms with van der Waals surface area (Å²) in [5.41, 5.74) is 6.80. The van der Waals surface area contributed by atoms with Crippen molar-refractivity contribution in [3.8, 4) is 0 Å². The predicted molar refractivity (Wildman–Crippen MR) is 91.8 cm³/mol. The number of thioether (sulfide) groups is 1. The molecule has 0 aromatic carbocycles. The van der Waals surface area contributed by atoms with Crippen molar-refractivity contribution >= 4 is 11.8 Å². The summed E-state index contributed by atoms with van der Waals surface area (Å²) < 4.78 is 6.21. The van der Waals surface area contributed by atoms with Crippen LogP contribution in [0.15, 0.2) is 0 Å². The molecule has 3 rings (SSSR count). The first-order valence-electron chi connectivity index (χ1n) is 9.25. The van der Waals surface area contributed by atoms with Gasteiger partial charge in [0, 0.05) is 12.6 Å². The minimum absolute atomic E-state index is 0.205. The number of nitrogens with two attached hydrogens (primary N) is 1. The number of ether oxygens (including phenoxy) is 1. The number of rotatable bonds is 4. The van der Waals surface area contributed by atoms with E-state index in [1.807, 2.05) is 0 Å². The molecule has 1 aliphatic carbocycles. The lowest BCUT2D eigenvalue weighted by molar-refractivity contribution is -0.106. The molecule has 1 spiro atoms. The van der Waals surface area contributed by atoms with Crippen molar-refractivity contribution in [2.75, 3.05) is 18.1 Å². The maximum atomic E-state index is 6.59. The Labute approximate surface area is 135 Å². The van der Waals surface area contributed by atoms with Gasteiger partial charge in [0.05, 0.1) is 5.60 Å². The molecule has 0 bridgehead atoms. The second kappa shape index (κ2) is 7.70. The number of hydrogen-bond acceptors (Lipinski definition) is 3. The van der Waals surface area contributed by atoms with Crippen LogP contribution in [0.25, 0.3) is 0 Å². The molecule has 0 amide bonds. The quantitative estimate of drug-likeness (QED) is 0.837. The molecule has 3 fully saturated rings. The van der Waals surface area contributed by atoms with Crippen molar-refractivity contribution in [1.82, 2.24) is 0 Å². The summed E-state index contributed by atoms with van der Waals surface area (Å²) in [6, 6.07) is 0.419. The Balaban J connectivity index is 1.46. The largest absolute Gasteiger partial charge is 0.375 e. The van der Waals surface area contributed by atoms with E-state index in [0.717, 1.165) is 12.5 Å². The van der Waals surface area contributed by atoms with E-state index in [9.17, 15) is 0 Å². The van der Waals surface area contributed by atoms with E-state index in [1.165, 1.54) is 82.1 Å². The van der Waals surface area contributed by atoms with Crippen LogP contribution in [0.4, 0.5) is 0 Å². The zero-order valence-corrected chi connectivity index (χ0v) is 14.3. The maximum absolute atomic E-state index is 6.59. The maximum Gasteiger partial charge on any atom is 0.0701 e. The second-order valence-corrected chi connectivity index (χ2v) is 8.87. The summed E-state index contributed by atoms with van der Waals surface area (Å²) in [6.45, 7) is 0.951. The Bertz CT molecular complexity index is 305. The van der Waals surface area contributed by atoms with E-state index < -0.39 is 0 Å². The molecular formula is C18H33NOS. The van der Waals surface area contributed by atoms with Crippen LogP contribution in [0.3, 0.4) is 0 Å². The third kappa shape index (κ3) is 4.39. The van der Waals surface area contributed by atoms with Crippen LogP contribution < -0.4 is 5.73 Å². The molecule has 122 valence electrons. The first-order valence-corrected chi connectivity index (χ1v) is 10.4. The Kier molecular flexibility index (Phi) is 5.92. The van der Waals surface area contributed by atoms with E-state index in [0.29, 0.717) is 12.0 Å². The van der Waals surface area contributed by atoms with Gasteiger partial charge in [-0.25, -0.2) is 0 Å². The molecule has 2 N–H and O–H groups in total.